The number of benzene rings is 3. The summed E-state index contributed by atoms with van der Waals surface area (Å²) in [6, 6.07) is 15.5. The maximum atomic E-state index is 12.8. The van der Waals surface area contributed by atoms with Gasteiger partial charge in [0.1, 0.15) is 17.9 Å². The van der Waals surface area contributed by atoms with Crippen LogP contribution < -0.4 is 4.74 Å². The van der Waals surface area contributed by atoms with Gasteiger partial charge in [0.05, 0.1) is 12.0 Å². The molecule has 2 aromatic heterocycles. The number of aliphatic carboxylic acids is 1. The third-order valence-corrected chi connectivity index (χ3v) is 6.31. The summed E-state index contributed by atoms with van der Waals surface area (Å²) in [5.41, 5.74) is 2.28. The smallest absolute Gasteiger partial charge is 0.416 e. The van der Waals surface area contributed by atoms with Crippen LogP contribution >= 0.6 is 11.3 Å². The largest absolute Gasteiger partial charge is 0.489 e. The normalized spacial score (nSPS) is 11.9. The fraction of sp³-hybridized carbons (Fsp3) is 0.120. The highest BCUT2D eigenvalue weighted by Gasteiger charge is 2.30. The van der Waals surface area contributed by atoms with E-state index >= 15 is 0 Å². The van der Waals surface area contributed by atoms with Crippen molar-refractivity contribution in [2.75, 3.05) is 0 Å². The molecule has 34 heavy (non-hydrogen) atoms. The van der Waals surface area contributed by atoms with E-state index in [0.29, 0.717) is 22.4 Å². The molecule has 0 spiro atoms. The topological polar surface area (TPSA) is 72.6 Å². The van der Waals surface area contributed by atoms with Crippen molar-refractivity contribution >= 4 is 38.5 Å². The predicted molar refractivity (Wildman–Crippen MR) is 122 cm³/mol. The summed E-state index contributed by atoms with van der Waals surface area (Å²) in [7, 11) is 0. The lowest BCUT2D eigenvalue weighted by atomic mass is 10.1. The van der Waals surface area contributed by atoms with E-state index in [0.717, 1.165) is 33.3 Å². The van der Waals surface area contributed by atoms with E-state index < -0.39 is 17.7 Å². The molecule has 9 heteroatoms. The van der Waals surface area contributed by atoms with E-state index in [1.807, 2.05) is 23.6 Å². The van der Waals surface area contributed by atoms with Crippen LogP contribution in [0.5, 0.6) is 5.75 Å². The molecule has 172 valence electrons. The summed E-state index contributed by atoms with van der Waals surface area (Å²) < 4.78 is 51.2. The molecule has 0 unspecified atom stereocenters. The number of ether oxygens (including phenoxy) is 1. The van der Waals surface area contributed by atoms with Crippen LogP contribution in [0.15, 0.2) is 70.5 Å². The molecule has 2 heterocycles. The van der Waals surface area contributed by atoms with Gasteiger partial charge in [-0.05, 0) is 64.9 Å². The molecule has 0 aliphatic rings. The zero-order chi connectivity index (χ0) is 23.9. The van der Waals surface area contributed by atoms with E-state index in [2.05, 4.69) is 4.98 Å². The number of halogens is 3. The summed E-state index contributed by atoms with van der Waals surface area (Å²) >= 11 is 1.46. The minimum atomic E-state index is -4.41. The highest BCUT2D eigenvalue weighted by Crippen LogP contribution is 2.33. The number of fused-ring (bicyclic) bond motifs is 2. The molecule has 0 saturated carbocycles. The van der Waals surface area contributed by atoms with Crippen LogP contribution in [0.1, 0.15) is 16.7 Å². The van der Waals surface area contributed by atoms with Crippen LogP contribution in [0.4, 0.5) is 13.2 Å². The minimum Gasteiger partial charge on any atom is -0.489 e. The number of oxazole rings is 1. The van der Waals surface area contributed by atoms with Crippen molar-refractivity contribution in [1.82, 2.24) is 4.98 Å². The van der Waals surface area contributed by atoms with Crippen LogP contribution in [0, 0.1) is 0 Å². The SMILES string of the molecule is O=C(O)Cc1csc2cc(OCc3cccc4nc(-c5ccc(C(F)(F)F)cc5)oc34)ccc12. The van der Waals surface area contributed by atoms with Gasteiger partial charge in [0, 0.05) is 15.8 Å². The number of carbonyl (C=O) groups is 1. The van der Waals surface area contributed by atoms with Gasteiger partial charge >= 0.3 is 12.1 Å². The van der Waals surface area contributed by atoms with Gasteiger partial charge in [0.2, 0.25) is 5.89 Å². The Morgan fingerprint density at radius 2 is 1.85 bits per heavy atom. The number of para-hydroxylation sites is 1. The second kappa shape index (κ2) is 8.49. The van der Waals surface area contributed by atoms with Crippen molar-refractivity contribution in [3.05, 3.63) is 82.7 Å². The van der Waals surface area contributed by atoms with Crippen LogP contribution in [0.25, 0.3) is 32.6 Å². The summed E-state index contributed by atoms with van der Waals surface area (Å²) in [4.78, 5) is 15.4. The number of carboxylic acid groups (broad SMARTS) is 1. The maximum Gasteiger partial charge on any atom is 0.416 e. The van der Waals surface area contributed by atoms with E-state index in [1.165, 1.54) is 23.5 Å². The molecule has 0 amide bonds. The molecule has 0 atom stereocenters. The maximum absolute atomic E-state index is 12.8. The first-order chi connectivity index (χ1) is 16.3. The molecular weight excluding hydrogens is 467 g/mol. The number of carboxylic acids is 1. The highest BCUT2D eigenvalue weighted by atomic mass is 32.1. The minimum absolute atomic E-state index is 0.0328. The number of nitrogens with zero attached hydrogens (tertiary/aromatic N) is 1. The van der Waals surface area contributed by atoms with Crippen LogP contribution in [-0.2, 0) is 24.0 Å². The Bertz CT molecular complexity index is 1500. The Kier molecular flexibility index (Phi) is 5.49. The van der Waals surface area contributed by atoms with Gasteiger partial charge in [-0.25, -0.2) is 4.98 Å². The summed E-state index contributed by atoms with van der Waals surface area (Å²) in [6.07, 6.45) is -4.44. The Morgan fingerprint density at radius 3 is 2.59 bits per heavy atom. The first-order valence-corrected chi connectivity index (χ1v) is 11.1. The van der Waals surface area contributed by atoms with Gasteiger partial charge < -0.3 is 14.3 Å². The first-order valence-electron chi connectivity index (χ1n) is 10.2. The van der Waals surface area contributed by atoms with Gasteiger partial charge in [-0.1, -0.05) is 12.1 Å². The average molecular weight is 483 g/mol. The molecule has 0 bridgehead atoms. The Hall–Kier alpha value is -3.85. The Balaban J connectivity index is 1.37. The molecule has 0 aliphatic heterocycles. The standard InChI is InChI=1S/C25H16F3NO4S/c26-25(27,28)17-6-4-14(5-7-17)24-29-20-3-1-2-15(23(20)33-24)12-32-18-8-9-19-16(10-22(30)31)13-34-21(19)11-18/h1-9,11,13H,10,12H2,(H,30,31). The lowest BCUT2D eigenvalue weighted by Crippen LogP contribution is -2.03. The second-order valence-corrected chi connectivity index (χ2v) is 8.55. The van der Waals surface area contributed by atoms with Crippen LogP contribution in [0.3, 0.4) is 0 Å². The molecule has 0 radical (unpaired) electrons. The zero-order valence-electron chi connectivity index (χ0n) is 17.4. The number of thiophene rings is 1. The molecule has 0 saturated heterocycles. The summed E-state index contributed by atoms with van der Waals surface area (Å²) in [5.74, 6) is -0.0336. The number of alkyl halides is 3. The van der Waals surface area contributed by atoms with Crippen LogP contribution in [-0.4, -0.2) is 16.1 Å². The van der Waals surface area contributed by atoms with Crippen molar-refractivity contribution in [1.29, 1.82) is 0 Å². The Morgan fingerprint density at radius 1 is 1.06 bits per heavy atom. The van der Waals surface area contributed by atoms with Gasteiger partial charge in [-0.2, -0.15) is 13.2 Å². The number of hydrogen-bond donors (Lipinski definition) is 1. The van der Waals surface area contributed by atoms with Crippen LogP contribution in [0.2, 0.25) is 0 Å². The molecular formula is C25H16F3NO4S. The first kappa shape index (κ1) is 22.0. The molecule has 0 fully saturated rings. The van der Waals surface area contributed by atoms with Crippen molar-refractivity contribution in [3.8, 4) is 17.2 Å². The second-order valence-electron chi connectivity index (χ2n) is 7.64. The quantitative estimate of drug-likeness (QED) is 0.283. The van der Waals surface area contributed by atoms with Gasteiger partial charge in [-0.15, -0.1) is 11.3 Å². The Labute approximate surface area is 195 Å². The molecule has 5 aromatic rings. The number of hydrogen-bond acceptors (Lipinski definition) is 5. The zero-order valence-corrected chi connectivity index (χ0v) is 18.2. The summed E-state index contributed by atoms with van der Waals surface area (Å²) in [6.45, 7) is 0.192. The molecule has 1 N–H and O–H groups in total. The number of aromatic nitrogens is 1. The fourth-order valence-electron chi connectivity index (χ4n) is 3.66. The molecule has 5 rings (SSSR count). The third kappa shape index (κ3) is 4.34. The fourth-order valence-corrected chi connectivity index (χ4v) is 4.65. The van der Waals surface area contributed by atoms with E-state index in [4.69, 9.17) is 14.3 Å². The molecule has 3 aromatic carbocycles. The molecule has 0 aliphatic carbocycles. The monoisotopic (exact) mass is 483 g/mol. The van der Waals surface area contributed by atoms with Crippen molar-refractivity contribution in [2.24, 2.45) is 0 Å². The average Bonchev–Trinajstić information content (AvgIpc) is 3.41. The van der Waals surface area contributed by atoms with Gasteiger partial charge in [0.15, 0.2) is 5.58 Å². The van der Waals surface area contributed by atoms with Crippen molar-refractivity contribution in [2.45, 2.75) is 19.2 Å². The summed E-state index contributed by atoms with van der Waals surface area (Å²) in [5, 5.41) is 11.8. The highest BCUT2D eigenvalue weighted by molar-refractivity contribution is 7.17. The lowest BCUT2D eigenvalue weighted by molar-refractivity contribution is -0.138. The lowest BCUT2D eigenvalue weighted by Gasteiger charge is -2.07. The predicted octanol–water partition coefficient (Wildman–Crippen LogP) is 6.93. The van der Waals surface area contributed by atoms with Crippen molar-refractivity contribution < 1.29 is 32.2 Å². The van der Waals surface area contributed by atoms with E-state index in [-0.39, 0.29) is 18.9 Å². The van der Waals surface area contributed by atoms with Gasteiger partial charge in [0.25, 0.3) is 0 Å². The van der Waals surface area contributed by atoms with Crippen molar-refractivity contribution in [3.63, 3.8) is 0 Å². The van der Waals surface area contributed by atoms with Gasteiger partial charge in [-0.3, -0.25) is 4.79 Å². The van der Waals surface area contributed by atoms with E-state index in [9.17, 15) is 18.0 Å². The van der Waals surface area contributed by atoms with E-state index in [1.54, 1.807) is 18.2 Å². The number of rotatable bonds is 6. The molecule has 5 nitrogen and oxygen atoms in total. The third-order valence-electron chi connectivity index (χ3n) is 5.32.